The molecule has 0 spiro atoms. The summed E-state index contributed by atoms with van der Waals surface area (Å²) in [5.74, 6) is -0.809. The molecule has 2 atom stereocenters. The number of quaternary nitrogens is 1. The van der Waals surface area contributed by atoms with Crippen LogP contribution in [0.25, 0.3) is 0 Å². The van der Waals surface area contributed by atoms with Crippen LogP contribution in [-0.2, 0) is 32.7 Å². The fourth-order valence-electron chi connectivity index (χ4n) is 11.9. The van der Waals surface area contributed by atoms with Crippen molar-refractivity contribution >= 4 is 19.8 Å². The highest BCUT2D eigenvalue weighted by Gasteiger charge is 2.22. The largest absolute Gasteiger partial charge is 0.756 e. The first-order chi connectivity index (χ1) is 43.5. The van der Waals surface area contributed by atoms with Gasteiger partial charge in [0.1, 0.15) is 19.8 Å². The van der Waals surface area contributed by atoms with Crippen molar-refractivity contribution in [2.45, 2.75) is 412 Å². The number of unbranched alkanes of at least 4 members (excludes halogenated alkanes) is 54. The van der Waals surface area contributed by atoms with E-state index in [4.69, 9.17) is 18.5 Å². The fourth-order valence-corrected chi connectivity index (χ4v) is 12.6. The van der Waals surface area contributed by atoms with Gasteiger partial charge in [-0.3, -0.25) is 14.2 Å². The molecule has 0 aromatic heterocycles. The number of phosphoric acid groups is 1. The molecule has 0 saturated heterocycles. The summed E-state index contributed by atoms with van der Waals surface area (Å²) in [4.78, 5) is 38.2. The smallest absolute Gasteiger partial charge is 0.306 e. The van der Waals surface area contributed by atoms with Crippen molar-refractivity contribution in [1.82, 2.24) is 0 Å². The number of carbonyl (C=O) groups is 2. The zero-order chi connectivity index (χ0) is 64.8. The van der Waals surface area contributed by atoms with E-state index in [9.17, 15) is 19.0 Å². The Bertz CT molecular complexity index is 1590. The summed E-state index contributed by atoms with van der Waals surface area (Å²) >= 11 is 0. The van der Waals surface area contributed by atoms with E-state index in [-0.39, 0.29) is 32.0 Å². The molecule has 9 nitrogen and oxygen atoms in total. The zero-order valence-corrected chi connectivity index (χ0v) is 61.1. The minimum absolute atomic E-state index is 0.0279. The minimum atomic E-state index is -4.64. The van der Waals surface area contributed by atoms with E-state index in [1.165, 1.54) is 321 Å². The van der Waals surface area contributed by atoms with E-state index in [1.54, 1.807) is 0 Å². The first-order valence-electron chi connectivity index (χ1n) is 39.2. The third kappa shape index (κ3) is 75.1. The van der Waals surface area contributed by atoms with Crippen LogP contribution >= 0.6 is 7.82 Å². The van der Waals surface area contributed by atoms with E-state index in [2.05, 4.69) is 50.3 Å². The predicted octanol–water partition coefficient (Wildman–Crippen LogP) is 25.2. The molecule has 0 saturated carbocycles. The second kappa shape index (κ2) is 70.5. The van der Waals surface area contributed by atoms with Crippen molar-refractivity contribution in [3.05, 3.63) is 36.5 Å². The number of ether oxygens (including phenoxy) is 2. The average Bonchev–Trinajstić information content (AvgIpc) is 3.60. The summed E-state index contributed by atoms with van der Waals surface area (Å²) in [6, 6.07) is 0. The Labute approximate surface area is 554 Å². The second-order valence-corrected chi connectivity index (χ2v) is 29.5. The highest BCUT2D eigenvalue weighted by molar-refractivity contribution is 7.45. The molecule has 0 aromatic rings. The molecule has 0 heterocycles. The molecule has 0 aromatic carbocycles. The van der Waals surface area contributed by atoms with Crippen molar-refractivity contribution in [2.75, 3.05) is 47.5 Å². The van der Waals surface area contributed by atoms with Gasteiger partial charge in [0.15, 0.2) is 6.10 Å². The maximum Gasteiger partial charge on any atom is 0.306 e. The number of esters is 2. The van der Waals surface area contributed by atoms with Crippen LogP contribution in [0.4, 0.5) is 0 Å². The molecule has 0 aliphatic rings. The second-order valence-electron chi connectivity index (χ2n) is 28.1. The van der Waals surface area contributed by atoms with Gasteiger partial charge >= 0.3 is 11.9 Å². The molecule has 0 bridgehead atoms. The van der Waals surface area contributed by atoms with Crippen molar-refractivity contribution in [3.8, 4) is 0 Å². The van der Waals surface area contributed by atoms with Gasteiger partial charge in [-0.15, -0.1) is 0 Å². The number of hydrogen-bond donors (Lipinski definition) is 0. The Balaban J connectivity index is 3.93. The summed E-state index contributed by atoms with van der Waals surface area (Å²) in [5.41, 5.74) is 0. The summed E-state index contributed by atoms with van der Waals surface area (Å²) < 4.78 is 34.4. The lowest BCUT2D eigenvalue weighted by atomic mass is 10.0. The molecule has 0 fully saturated rings. The van der Waals surface area contributed by atoms with Crippen LogP contribution in [0.15, 0.2) is 36.5 Å². The van der Waals surface area contributed by atoms with Crippen LogP contribution in [0.1, 0.15) is 406 Å². The number of phosphoric ester groups is 1. The SMILES string of the molecule is CCCCCCC/C=C\C/C=C\C/C=C\CCCCCCCCCCCCCCCCCCC(=O)OC(COC(=O)CCCCCCCCCCCCCCCCCCCCCCCCCCCCCCCCCCCC)COP(=O)([O-])OCC[N+](C)(C)C. The zero-order valence-electron chi connectivity index (χ0n) is 60.2. The summed E-state index contributed by atoms with van der Waals surface area (Å²) in [6.45, 7) is 4.31. The molecule has 0 amide bonds. The average molecular weight is 1280 g/mol. The van der Waals surface area contributed by atoms with E-state index in [0.717, 1.165) is 51.4 Å². The Kier molecular flexibility index (Phi) is 69.1. The number of likely N-dealkylation sites (N-methyl/N-ethyl adjacent to an activating group) is 1. The minimum Gasteiger partial charge on any atom is -0.756 e. The summed E-state index contributed by atoms with van der Waals surface area (Å²) in [7, 11) is 1.19. The normalized spacial score (nSPS) is 13.2. The highest BCUT2D eigenvalue weighted by Crippen LogP contribution is 2.38. The lowest BCUT2D eigenvalue weighted by Crippen LogP contribution is -2.37. The van der Waals surface area contributed by atoms with Crippen LogP contribution in [0.2, 0.25) is 0 Å². The van der Waals surface area contributed by atoms with Crippen LogP contribution in [0.5, 0.6) is 0 Å². The van der Waals surface area contributed by atoms with E-state index < -0.39 is 26.5 Å². The van der Waals surface area contributed by atoms with Gasteiger partial charge in [0.25, 0.3) is 7.82 Å². The van der Waals surface area contributed by atoms with E-state index in [1.807, 2.05) is 21.1 Å². The van der Waals surface area contributed by atoms with Crippen LogP contribution in [-0.4, -0.2) is 70.0 Å². The Morgan fingerprint density at radius 1 is 0.348 bits per heavy atom. The number of rotatable bonds is 74. The third-order valence-electron chi connectivity index (χ3n) is 17.9. The molecule has 0 aliphatic heterocycles. The molecular weight excluding hydrogens is 1120 g/mol. The van der Waals surface area contributed by atoms with Gasteiger partial charge in [0.05, 0.1) is 27.7 Å². The quantitative estimate of drug-likeness (QED) is 0.0195. The van der Waals surface area contributed by atoms with E-state index in [0.29, 0.717) is 17.4 Å². The van der Waals surface area contributed by atoms with Gasteiger partial charge < -0.3 is 27.9 Å². The first-order valence-corrected chi connectivity index (χ1v) is 40.7. The molecule has 0 radical (unpaired) electrons. The Morgan fingerprint density at radius 2 is 0.607 bits per heavy atom. The van der Waals surface area contributed by atoms with Gasteiger partial charge in [-0.25, -0.2) is 0 Å². The predicted molar refractivity (Wildman–Crippen MR) is 384 cm³/mol. The number of hydrogen-bond acceptors (Lipinski definition) is 8. The first kappa shape index (κ1) is 87.2. The summed E-state index contributed by atoms with van der Waals surface area (Å²) in [5, 5.41) is 0. The third-order valence-corrected chi connectivity index (χ3v) is 18.9. The van der Waals surface area contributed by atoms with Crippen LogP contribution in [0.3, 0.4) is 0 Å². The van der Waals surface area contributed by atoms with Crippen molar-refractivity contribution in [2.24, 2.45) is 0 Å². The standard InChI is InChI=1S/C79H152NO8P/c1-6-8-10-12-14-16-18-20-22-24-26-28-30-32-34-36-38-39-40-42-43-45-47-49-51-53-55-57-59-61-63-65-67-69-71-78(81)85-75-77(76-87-89(83,84)86-74-73-80(3,4)5)88-79(82)72-70-68-66-64-62-60-58-56-54-52-50-48-46-44-41-37-35-33-31-29-27-25-23-21-19-17-15-13-11-9-7-2/h19,21,25,27,31,33,77H,6-18,20,22-24,26,28-30,32,34-76H2,1-5H3/b21-19-,27-25-,33-31-. The van der Waals surface area contributed by atoms with Crippen molar-refractivity contribution in [3.63, 3.8) is 0 Å². The maximum absolute atomic E-state index is 12.9. The number of nitrogens with zero attached hydrogens (tertiary/aromatic N) is 1. The molecule has 0 N–H and O–H groups in total. The van der Waals surface area contributed by atoms with Crippen LogP contribution in [0, 0.1) is 0 Å². The van der Waals surface area contributed by atoms with Gasteiger partial charge in [-0.05, 0) is 51.4 Å². The number of allylic oxidation sites excluding steroid dienone is 6. The van der Waals surface area contributed by atoms with Gasteiger partial charge in [-0.2, -0.15) is 0 Å². The Morgan fingerprint density at radius 3 is 0.899 bits per heavy atom. The van der Waals surface area contributed by atoms with Gasteiger partial charge in [-0.1, -0.05) is 378 Å². The molecule has 10 heteroatoms. The molecule has 2 unspecified atom stereocenters. The summed E-state index contributed by atoms with van der Waals surface area (Å²) in [6.07, 6.45) is 91.2. The Hall–Kier alpha value is -1.77. The maximum atomic E-state index is 12.9. The van der Waals surface area contributed by atoms with Gasteiger partial charge in [0.2, 0.25) is 0 Å². The molecule has 89 heavy (non-hydrogen) atoms. The van der Waals surface area contributed by atoms with Crippen molar-refractivity contribution < 1.29 is 42.1 Å². The number of carbonyl (C=O) groups excluding carboxylic acids is 2. The van der Waals surface area contributed by atoms with Crippen molar-refractivity contribution in [1.29, 1.82) is 0 Å². The highest BCUT2D eigenvalue weighted by atomic mass is 31.2. The molecule has 0 aliphatic carbocycles. The lowest BCUT2D eigenvalue weighted by molar-refractivity contribution is -0.870. The fraction of sp³-hybridized carbons (Fsp3) is 0.899. The van der Waals surface area contributed by atoms with Gasteiger partial charge in [0, 0.05) is 12.8 Å². The molecule has 526 valence electrons. The molecular formula is C79H152NO8P. The van der Waals surface area contributed by atoms with E-state index >= 15 is 0 Å². The molecule has 0 rings (SSSR count). The topological polar surface area (TPSA) is 111 Å². The lowest BCUT2D eigenvalue weighted by Gasteiger charge is -2.28. The van der Waals surface area contributed by atoms with Crippen LogP contribution < -0.4 is 4.89 Å². The monoisotopic (exact) mass is 1270 g/mol.